The Hall–Kier alpha value is -3.05. The summed E-state index contributed by atoms with van der Waals surface area (Å²) in [6, 6.07) is 15.8. The van der Waals surface area contributed by atoms with Crippen molar-refractivity contribution in [2.24, 2.45) is 5.73 Å². The van der Waals surface area contributed by atoms with Gasteiger partial charge in [-0.2, -0.15) is 0 Å². The van der Waals surface area contributed by atoms with E-state index in [4.69, 9.17) is 16.1 Å². The molecule has 0 bridgehead atoms. The summed E-state index contributed by atoms with van der Waals surface area (Å²) in [5.74, 6) is 1.02. The van der Waals surface area contributed by atoms with Crippen LogP contribution in [0.5, 0.6) is 0 Å². The lowest BCUT2D eigenvalue weighted by atomic mass is 9.92. The number of aryl methyl sites for hydroxylation is 1. The summed E-state index contributed by atoms with van der Waals surface area (Å²) in [4.78, 5) is 9.27. The van der Waals surface area contributed by atoms with Gasteiger partial charge >= 0.3 is 0 Å². The molecule has 0 radical (unpaired) electrons. The summed E-state index contributed by atoms with van der Waals surface area (Å²) in [5, 5.41) is 11.4. The molecule has 2 aromatic heterocycles. The number of hydrogen-bond donors (Lipinski definition) is 3. The van der Waals surface area contributed by atoms with Gasteiger partial charge in [-0.3, -0.25) is 4.98 Å². The Morgan fingerprint density at radius 3 is 2.43 bits per heavy atom. The maximum Gasteiger partial charge on any atom is 0.130 e. The van der Waals surface area contributed by atoms with Crippen molar-refractivity contribution in [2.45, 2.75) is 39.7 Å². The second-order valence-electron chi connectivity index (χ2n) is 7.35. The van der Waals surface area contributed by atoms with Gasteiger partial charge in [0.05, 0.1) is 11.4 Å². The molecule has 0 saturated heterocycles. The van der Waals surface area contributed by atoms with Crippen LogP contribution in [0.15, 0.2) is 48.5 Å². The zero-order chi connectivity index (χ0) is 20.3. The van der Waals surface area contributed by atoms with Gasteiger partial charge in [0.2, 0.25) is 0 Å². The molecule has 0 aliphatic carbocycles. The van der Waals surface area contributed by atoms with E-state index in [0.717, 1.165) is 45.3 Å². The highest BCUT2D eigenvalue weighted by molar-refractivity contribution is 5.91. The molecule has 2 heterocycles. The van der Waals surface area contributed by atoms with E-state index in [9.17, 15) is 0 Å². The van der Waals surface area contributed by atoms with E-state index in [1.54, 1.807) is 0 Å². The highest BCUT2D eigenvalue weighted by atomic mass is 15.0. The van der Waals surface area contributed by atoms with Gasteiger partial charge in [0.15, 0.2) is 0 Å². The minimum absolute atomic E-state index is 0.126. The number of nitrogens with zero attached hydrogens (tertiary/aromatic N) is 2. The molecule has 0 saturated carbocycles. The van der Waals surface area contributed by atoms with Crippen LogP contribution in [0.3, 0.4) is 0 Å². The first-order chi connectivity index (χ1) is 13.4. The fraction of sp³-hybridized carbons (Fsp3) is 0.261. The van der Waals surface area contributed by atoms with Gasteiger partial charge in [0.25, 0.3) is 0 Å². The van der Waals surface area contributed by atoms with Gasteiger partial charge in [0.1, 0.15) is 5.82 Å². The zero-order valence-electron chi connectivity index (χ0n) is 16.8. The minimum Gasteiger partial charge on any atom is -0.340 e. The van der Waals surface area contributed by atoms with Crippen molar-refractivity contribution in [1.29, 1.82) is 5.41 Å². The van der Waals surface area contributed by atoms with Crippen LogP contribution in [0.2, 0.25) is 0 Å². The summed E-state index contributed by atoms with van der Waals surface area (Å²) in [5.41, 5.74) is 12.5. The highest BCUT2D eigenvalue weighted by Gasteiger charge is 2.15. The van der Waals surface area contributed by atoms with Gasteiger partial charge in [-0.25, -0.2) is 4.98 Å². The molecule has 1 atom stereocenters. The number of anilines is 2. The summed E-state index contributed by atoms with van der Waals surface area (Å²) in [6.45, 7) is 8.15. The van der Waals surface area contributed by atoms with E-state index >= 15 is 0 Å². The van der Waals surface area contributed by atoms with E-state index < -0.39 is 0 Å². The van der Waals surface area contributed by atoms with Gasteiger partial charge in [0, 0.05) is 34.8 Å². The van der Waals surface area contributed by atoms with E-state index in [0.29, 0.717) is 0 Å². The third-order valence-corrected chi connectivity index (χ3v) is 4.66. The number of aromatic nitrogens is 2. The van der Waals surface area contributed by atoms with Crippen molar-refractivity contribution in [1.82, 2.24) is 9.97 Å². The van der Waals surface area contributed by atoms with Gasteiger partial charge in [-0.1, -0.05) is 26.0 Å². The second kappa shape index (κ2) is 8.31. The number of pyridine rings is 2. The van der Waals surface area contributed by atoms with Crippen molar-refractivity contribution >= 4 is 17.7 Å². The van der Waals surface area contributed by atoms with Crippen LogP contribution < -0.4 is 11.1 Å². The Labute approximate surface area is 166 Å². The molecule has 3 rings (SSSR count). The molecule has 0 aliphatic heterocycles. The van der Waals surface area contributed by atoms with Crippen LogP contribution >= 0.6 is 0 Å². The summed E-state index contributed by atoms with van der Waals surface area (Å²) >= 11 is 0. The number of nitrogens with two attached hydrogens (primary N) is 1. The van der Waals surface area contributed by atoms with Crippen LogP contribution in [0.1, 0.15) is 55.2 Å². The lowest BCUT2D eigenvalue weighted by molar-refractivity contribution is 0.782. The molecule has 0 fully saturated rings. The van der Waals surface area contributed by atoms with Gasteiger partial charge < -0.3 is 16.5 Å². The molecule has 5 nitrogen and oxygen atoms in total. The summed E-state index contributed by atoms with van der Waals surface area (Å²) < 4.78 is 0. The topological polar surface area (TPSA) is 87.7 Å². The fourth-order valence-electron chi connectivity index (χ4n) is 3.18. The highest BCUT2D eigenvalue weighted by Crippen LogP contribution is 2.33. The SMILES string of the molecule is Cc1cccc(Nc2cc(-c3cccc(C(C)N)n3)cc(C(C)C)c2C=N)n1. The van der Waals surface area contributed by atoms with Crippen LogP contribution in [-0.4, -0.2) is 16.2 Å². The van der Waals surface area contributed by atoms with Crippen molar-refractivity contribution in [3.8, 4) is 11.3 Å². The van der Waals surface area contributed by atoms with Gasteiger partial charge in [-0.15, -0.1) is 0 Å². The Bertz CT molecular complexity index is 992. The first-order valence-electron chi connectivity index (χ1n) is 9.51. The average molecular weight is 374 g/mol. The van der Waals surface area contributed by atoms with Crippen LogP contribution in [-0.2, 0) is 0 Å². The molecule has 28 heavy (non-hydrogen) atoms. The maximum atomic E-state index is 7.97. The Morgan fingerprint density at radius 1 is 1.04 bits per heavy atom. The van der Waals surface area contributed by atoms with Crippen LogP contribution in [0.25, 0.3) is 11.3 Å². The number of hydrogen-bond acceptors (Lipinski definition) is 5. The monoisotopic (exact) mass is 373 g/mol. The van der Waals surface area contributed by atoms with E-state index in [1.165, 1.54) is 6.21 Å². The Morgan fingerprint density at radius 2 is 1.79 bits per heavy atom. The third-order valence-electron chi connectivity index (χ3n) is 4.66. The lowest BCUT2D eigenvalue weighted by Crippen LogP contribution is -2.08. The number of rotatable bonds is 6. The Balaban J connectivity index is 2.15. The molecule has 4 N–H and O–H groups in total. The van der Waals surface area contributed by atoms with Crippen molar-refractivity contribution < 1.29 is 0 Å². The quantitative estimate of drug-likeness (QED) is 0.509. The molecular weight excluding hydrogens is 346 g/mol. The maximum absolute atomic E-state index is 7.97. The number of nitrogens with one attached hydrogen (secondary N) is 2. The van der Waals surface area contributed by atoms with Gasteiger partial charge in [-0.05, 0) is 61.7 Å². The minimum atomic E-state index is -0.126. The molecule has 1 unspecified atom stereocenters. The van der Waals surface area contributed by atoms with Crippen molar-refractivity contribution in [3.05, 3.63) is 71.0 Å². The molecule has 144 valence electrons. The first-order valence-corrected chi connectivity index (χ1v) is 9.51. The fourth-order valence-corrected chi connectivity index (χ4v) is 3.18. The second-order valence-corrected chi connectivity index (χ2v) is 7.35. The predicted octanol–water partition coefficient (Wildman–Crippen LogP) is 5.34. The van der Waals surface area contributed by atoms with Crippen LogP contribution in [0.4, 0.5) is 11.5 Å². The van der Waals surface area contributed by atoms with Crippen LogP contribution in [0, 0.1) is 12.3 Å². The molecule has 0 amide bonds. The molecule has 5 heteroatoms. The largest absolute Gasteiger partial charge is 0.340 e. The summed E-state index contributed by atoms with van der Waals surface area (Å²) in [6.07, 6.45) is 1.41. The molecule has 3 aromatic rings. The predicted molar refractivity (Wildman–Crippen MR) is 117 cm³/mol. The molecule has 1 aromatic carbocycles. The molecule has 0 aliphatic rings. The standard InChI is InChI=1S/C23H27N5/c1-14(2)18-11-17(21-9-6-8-20(27-21)16(4)25)12-22(19(18)13-24)28-23-10-5-7-15(3)26-23/h5-14,16,24H,25H2,1-4H3,(H,26,28). The Kier molecular flexibility index (Phi) is 5.85. The van der Waals surface area contributed by atoms with Crippen molar-refractivity contribution in [3.63, 3.8) is 0 Å². The molecular formula is C23H27N5. The van der Waals surface area contributed by atoms with E-state index in [1.807, 2.05) is 56.3 Å². The lowest BCUT2D eigenvalue weighted by Gasteiger charge is -2.18. The van der Waals surface area contributed by atoms with E-state index in [-0.39, 0.29) is 12.0 Å². The first kappa shape index (κ1) is 19.7. The average Bonchev–Trinajstić information content (AvgIpc) is 2.67. The molecule has 0 spiro atoms. The summed E-state index contributed by atoms with van der Waals surface area (Å²) in [7, 11) is 0. The third kappa shape index (κ3) is 4.26. The normalized spacial score (nSPS) is 12.1. The zero-order valence-corrected chi connectivity index (χ0v) is 16.8. The smallest absolute Gasteiger partial charge is 0.130 e. The van der Waals surface area contributed by atoms with E-state index in [2.05, 4.69) is 30.2 Å². The number of benzene rings is 1. The van der Waals surface area contributed by atoms with Crippen molar-refractivity contribution in [2.75, 3.05) is 5.32 Å².